The summed E-state index contributed by atoms with van der Waals surface area (Å²) in [5, 5.41) is 4.18. The highest BCUT2D eigenvalue weighted by Gasteiger charge is 2.12. The van der Waals surface area contributed by atoms with E-state index < -0.39 is 0 Å². The zero-order chi connectivity index (χ0) is 13.7. The van der Waals surface area contributed by atoms with Crippen LogP contribution in [-0.2, 0) is 0 Å². The molecule has 0 aliphatic carbocycles. The number of para-hydroxylation sites is 1. The Morgan fingerprint density at radius 3 is 2.37 bits per heavy atom. The lowest BCUT2D eigenvalue weighted by molar-refractivity contribution is 0.737. The Hall–Kier alpha value is -1.84. The number of anilines is 2. The zero-order valence-electron chi connectivity index (χ0n) is 12.0. The van der Waals surface area contributed by atoms with Gasteiger partial charge in [0.15, 0.2) is 0 Å². The smallest absolute Gasteiger partial charge is 0.224 e. The van der Waals surface area contributed by atoms with E-state index in [4.69, 9.17) is 0 Å². The molecular weight excluding hydrogens is 236 g/mol. The number of fused-ring (bicyclic) bond motifs is 1. The summed E-state index contributed by atoms with van der Waals surface area (Å²) in [5.74, 6) is 1.73. The molecule has 1 N–H and O–H groups in total. The maximum absolute atomic E-state index is 4.66. The summed E-state index contributed by atoms with van der Waals surface area (Å²) in [4.78, 5) is 11.5. The largest absolute Gasteiger partial charge is 0.357 e. The van der Waals surface area contributed by atoms with E-state index in [0.717, 1.165) is 42.7 Å². The van der Waals surface area contributed by atoms with Crippen LogP contribution in [0.25, 0.3) is 10.9 Å². The molecule has 0 unspecified atom stereocenters. The molecule has 0 amide bonds. The summed E-state index contributed by atoms with van der Waals surface area (Å²) in [6, 6.07) is 8.20. The minimum atomic E-state index is 0.686. The van der Waals surface area contributed by atoms with Crippen molar-refractivity contribution in [3.63, 3.8) is 0 Å². The molecule has 0 saturated carbocycles. The predicted octanol–water partition coefficient (Wildman–Crippen LogP) is 3.30. The number of nitrogens with zero attached hydrogens (tertiary/aromatic N) is 3. The molecule has 1 aromatic carbocycles. The van der Waals surface area contributed by atoms with Gasteiger partial charge in [-0.1, -0.05) is 26.0 Å². The third-order valence-corrected chi connectivity index (χ3v) is 3.09. The molecule has 0 atom stereocenters. The number of hydrogen-bond acceptors (Lipinski definition) is 4. The second-order valence-electron chi connectivity index (χ2n) is 4.63. The molecule has 4 heteroatoms. The van der Waals surface area contributed by atoms with Crippen molar-refractivity contribution < 1.29 is 0 Å². The Morgan fingerprint density at radius 2 is 1.74 bits per heavy atom. The fourth-order valence-corrected chi connectivity index (χ4v) is 2.28. The summed E-state index contributed by atoms with van der Waals surface area (Å²) in [5.41, 5.74) is 0.994. The van der Waals surface area contributed by atoms with Gasteiger partial charge in [-0.15, -0.1) is 0 Å². The number of benzene rings is 1. The van der Waals surface area contributed by atoms with Gasteiger partial charge >= 0.3 is 0 Å². The van der Waals surface area contributed by atoms with Crippen LogP contribution in [0.2, 0.25) is 0 Å². The van der Waals surface area contributed by atoms with Crippen LogP contribution in [-0.4, -0.2) is 30.1 Å². The third-order valence-electron chi connectivity index (χ3n) is 3.09. The standard InChI is InChI=1S/C15H22N4/c1-4-10-19(11-5-2)14-12-8-6-7-9-13(12)17-15(16-3)18-14/h6-9H,4-5,10-11H2,1-3H3,(H,16,17,18). The predicted molar refractivity (Wildman–Crippen MR) is 81.9 cm³/mol. The average molecular weight is 258 g/mol. The van der Waals surface area contributed by atoms with Crippen molar-refractivity contribution in [1.29, 1.82) is 0 Å². The molecule has 0 spiro atoms. The second-order valence-corrected chi connectivity index (χ2v) is 4.63. The molecule has 19 heavy (non-hydrogen) atoms. The van der Waals surface area contributed by atoms with Gasteiger partial charge in [-0.3, -0.25) is 0 Å². The van der Waals surface area contributed by atoms with Gasteiger partial charge in [0.05, 0.1) is 5.52 Å². The lowest BCUT2D eigenvalue weighted by Gasteiger charge is -2.24. The van der Waals surface area contributed by atoms with E-state index in [2.05, 4.69) is 40.1 Å². The highest BCUT2D eigenvalue weighted by molar-refractivity contribution is 5.90. The molecule has 102 valence electrons. The van der Waals surface area contributed by atoms with E-state index in [-0.39, 0.29) is 0 Å². The molecule has 0 aliphatic rings. The molecule has 0 fully saturated rings. The minimum Gasteiger partial charge on any atom is -0.357 e. The Kier molecular flexibility index (Phi) is 4.55. The van der Waals surface area contributed by atoms with E-state index in [1.165, 1.54) is 0 Å². The van der Waals surface area contributed by atoms with Crippen molar-refractivity contribution in [2.75, 3.05) is 30.4 Å². The van der Waals surface area contributed by atoms with Gasteiger partial charge in [0.1, 0.15) is 5.82 Å². The van der Waals surface area contributed by atoms with Crippen LogP contribution in [0.4, 0.5) is 11.8 Å². The molecule has 1 aromatic heterocycles. The van der Waals surface area contributed by atoms with Gasteiger partial charge in [0.25, 0.3) is 0 Å². The van der Waals surface area contributed by atoms with Crippen LogP contribution in [0.3, 0.4) is 0 Å². The van der Waals surface area contributed by atoms with E-state index in [1.54, 1.807) is 0 Å². The molecule has 2 aromatic rings. The fraction of sp³-hybridized carbons (Fsp3) is 0.467. The topological polar surface area (TPSA) is 41.1 Å². The summed E-state index contributed by atoms with van der Waals surface area (Å²) < 4.78 is 0. The summed E-state index contributed by atoms with van der Waals surface area (Å²) >= 11 is 0. The SMILES string of the molecule is CCCN(CCC)c1nc(NC)nc2ccccc12. The lowest BCUT2D eigenvalue weighted by Crippen LogP contribution is -2.26. The molecule has 0 bridgehead atoms. The van der Waals surface area contributed by atoms with Gasteiger partial charge < -0.3 is 10.2 Å². The Bertz CT molecular complexity index is 533. The van der Waals surface area contributed by atoms with E-state index >= 15 is 0 Å². The van der Waals surface area contributed by atoms with Crippen molar-refractivity contribution in [3.8, 4) is 0 Å². The maximum Gasteiger partial charge on any atom is 0.224 e. The summed E-state index contributed by atoms with van der Waals surface area (Å²) in [7, 11) is 1.86. The van der Waals surface area contributed by atoms with Gasteiger partial charge in [0.2, 0.25) is 5.95 Å². The van der Waals surface area contributed by atoms with Crippen LogP contribution in [0.1, 0.15) is 26.7 Å². The number of hydrogen-bond donors (Lipinski definition) is 1. The van der Waals surface area contributed by atoms with Crippen LogP contribution in [0.15, 0.2) is 24.3 Å². The first-order valence-corrected chi connectivity index (χ1v) is 6.99. The lowest BCUT2D eigenvalue weighted by atomic mass is 10.2. The first-order valence-electron chi connectivity index (χ1n) is 6.99. The molecule has 4 nitrogen and oxygen atoms in total. The molecule has 0 aliphatic heterocycles. The monoisotopic (exact) mass is 258 g/mol. The maximum atomic E-state index is 4.66. The molecule has 0 radical (unpaired) electrons. The Labute approximate surface area is 114 Å². The zero-order valence-corrected chi connectivity index (χ0v) is 12.0. The average Bonchev–Trinajstić information content (AvgIpc) is 2.46. The number of aromatic nitrogens is 2. The van der Waals surface area contributed by atoms with Crippen molar-refractivity contribution >= 4 is 22.7 Å². The van der Waals surface area contributed by atoms with Crippen molar-refractivity contribution in [1.82, 2.24) is 9.97 Å². The highest BCUT2D eigenvalue weighted by atomic mass is 15.2. The Morgan fingerprint density at radius 1 is 1.05 bits per heavy atom. The van der Waals surface area contributed by atoms with E-state index in [0.29, 0.717) is 5.95 Å². The van der Waals surface area contributed by atoms with Crippen LogP contribution in [0, 0.1) is 0 Å². The number of rotatable bonds is 6. The normalized spacial score (nSPS) is 10.7. The van der Waals surface area contributed by atoms with Gasteiger partial charge in [-0.05, 0) is 25.0 Å². The van der Waals surface area contributed by atoms with Crippen LogP contribution in [0.5, 0.6) is 0 Å². The van der Waals surface area contributed by atoms with Gasteiger partial charge in [-0.2, -0.15) is 4.98 Å². The summed E-state index contributed by atoms with van der Waals surface area (Å²) in [6.45, 7) is 6.45. The third kappa shape index (κ3) is 2.95. The van der Waals surface area contributed by atoms with Crippen molar-refractivity contribution in [2.24, 2.45) is 0 Å². The van der Waals surface area contributed by atoms with Crippen LogP contribution >= 0.6 is 0 Å². The van der Waals surface area contributed by atoms with E-state index in [1.807, 2.05) is 25.2 Å². The molecular formula is C15H22N4. The molecule has 1 heterocycles. The second kappa shape index (κ2) is 6.36. The van der Waals surface area contributed by atoms with E-state index in [9.17, 15) is 0 Å². The summed E-state index contributed by atoms with van der Waals surface area (Å²) in [6.07, 6.45) is 2.24. The minimum absolute atomic E-state index is 0.686. The fourth-order valence-electron chi connectivity index (χ4n) is 2.28. The van der Waals surface area contributed by atoms with Gasteiger partial charge in [-0.25, -0.2) is 4.98 Å². The van der Waals surface area contributed by atoms with Crippen molar-refractivity contribution in [3.05, 3.63) is 24.3 Å². The van der Waals surface area contributed by atoms with Crippen molar-refractivity contribution in [2.45, 2.75) is 26.7 Å². The quantitative estimate of drug-likeness (QED) is 0.863. The first kappa shape index (κ1) is 13.6. The van der Waals surface area contributed by atoms with Crippen LogP contribution < -0.4 is 10.2 Å². The highest BCUT2D eigenvalue weighted by Crippen LogP contribution is 2.25. The first-order chi connectivity index (χ1) is 9.30. The number of nitrogens with one attached hydrogen (secondary N) is 1. The molecule has 2 rings (SSSR count). The Balaban J connectivity index is 2.54. The molecule has 0 saturated heterocycles. The van der Waals surface area contributed by atoms with Gasteiger partial charge in [0, 0.05) is 25.5 Å².